The molecule has 22 heavy (non-hydrogen) atoms. The van der Waals surface area contributed by atoms with Gasteiger partial charge in [-0.1, -0.05) is 26.7 Å². The lowest BCUT2D eigenvalue weighted by molar-refractivity contribution is 0.102. The number of carbonyl (C=O) groups excluding carboxylic acids is 2. The zero-order chi connectivity index (χ0) is 16.8. The van der Waals surface area contributed by atoms with Gasteiger partial charge in [0.1, 0.15) is 0 Å². The first-order valence-corrected chi connectivity index (χ1v) is 8.33. The molecule has 2 amide bonds. The molecule has 6 nitrogen and oxygen atoms in total. The molecule has 0 aromatic heterocycles. The van der Waals surface area contributed by atoms with E-state index < -0.39 is 0 Å². The first kappa shape index (κ1) is 20.5. The summed E-state index contributed by atoms with van der Waals surface area (Å²) in [5.41, 5.74) is 0. The van der Waals surface area contributed by atoms with Crippen molar-refractivity contribution in [3.63, 3.8) is 0 Å². The Morgan fingerprint density at radius 3 is 2.23 bits per heavy atom. The number of hydrogen-bond acceptors (Lipinski definition) is 4. The zero-order valence-electron chi connectivity index (χ0n) is 14.5. The predicted molar refractivity (Wildman–Crippen MR) is 86.9 cm³/mol. The first-order valence-electron chi connectivity index (χ1n) is 8.33. The third-order valence-corrected chi connectivity index (χ3v) is 3.01. The molecule has 1 N–H and O–H groups in total. The van der Waals surface area contributed by atoms with E-state index in [4.69, 9.17) is 9.47 Å². The third-order valence-electron chi connectivity index (χ3n) is 3.01. The van der Waals surface area contributed by atoms with E-state index in [1.165, 1.54) is 0 Å². The van der Waals surface area contributed by atoms with Crippen LogP contribution in [0.2, 0.25) is 0 Å². The van der Waals surface area contributed by atoms with Gasteiger partial charge in [-0.3, -0.25) is 0 Å². The van der Waals surface area contributed by atoms with Gasteiger partial charge in [0.05, 0.1) is 13.2 Å². The van der Waals surface area contributed by atoms with Crippen molar-refractivity contribution >= 4 is 12.2 Å². The molecule has 0 atom stereocenters. The fourth-order valence-corrected chi connectivity index (χ4v) is 2.07. The fraction of sp³-hybridized carbons (Fsp3) is 0.875. The molecule has 0 rings (SSSR count). The van der Waals surface area contributed by atoms with Crippen LogP contribution in [-0.4, -0.2) is 49.9 Å². The maximum absolute atomic E-state index is 11.8. The monoisotopic (exact) mass is 316 g/mol. The van der Waals surface area contributed by atoms with Crippen molar-refractivity contribution in [1.29, 1.82) is 0 Å². The number of rotatable bonds is 11. The number of nitrogens with zero attached hydrogens (tertiary/aromatic N) is 1. The van der Waals surface area contributed by atoms with Crippen LogP contribution in [0, 0.1) is 5.92 Å². The molecular weight excluding hydrogens is 284 g/mol. The Hall–Kier alpha value is -1.46. The van der Waals surface area contributed by atoms with Crippen LogP contribution >= 0.6 is 0 Å². The van der Waals surface area contributed by atoms with Gasteiger partial charge in [-0.05, 0) is 32.6 Å². The van der Waals surface area contributed by atoms with Crippen molar-refractivity contribution in [3.8, 4) is 0 Å². The number of alkyl carbamates (subject to hydrolysis) is 1. The van der Waals surface area contributed by atoms with Gasteiger partial charge in [-0.15, -0.1) is 0 Å². The lowest BCUT2D eigenvalue weighted by Crippen LogP contribution is -2.35. The molecule has 0 bridgehead atoms. The summed E-state index contributed by atoms with van der Waals surface area (Å²) in [7, 11) is 0. The Bertz CT molecular complexity index is 309. The van der Waals surface area contributed by atoms with Gasteiger partial charge >= 0.3 is 12.2 Å². The van der Waals surface area contributed by atoms with E-state index >= 15 is 0 Å². The van der Waals surface area contributed by atoms with E-state index in [-0.39, 0.29) is 12.2 Å². The highest BCUT2D eigenvalue weighted by Crippen LogP contribution is 2.06. The highest BCUT2D eigenvalue weighted by Gasteiger charge is 2.15. The van der Waals surface area contributed by atoms with Crippen molar-refractivity contribution in [1.82, 2.24) is 10.2 Å². The molecule has 0 aliphatic carbocycles. The van der Waals surface area contributed by atoms with Crippen LogP contribution < -0.4 is 5.32 Å². The highest BCUT2D eigenvalue weighted by atomic mass is 16.6. The van der Waals surface area contributed by atoms with Crippen LogP contribution in [0.25, 0.3) is 0 Å². The number of nitrogens with one attached hydrogen (secondary N) is 1. The number of carbonyl (C=O) groups is 2. The van der Waals surface area contributed by atoms with Gasteiger partial charge in [0, 0.05) is 19.6 Å². The summed E-state index contributed by atoms with van der Waals surface area (Å²) < 4.78 is 9.85. The van der Waals surface area contributed by atoms with Crippen molar-refractivity contribution < 1.29 is 19.1 Å². The van der Waals surface area contributed by atoms with E-state index in [0.29, 0.717) is 25.7 Å². The lowest BCUT2D eigenvalue weighted by atomic mass is 10.1. The largest absolute Gasteiger partial charge is 0.450 e. The minimum absolute atomic E-state index is 0.222. The first-order chi connectivity index (χ1) is 10.5. The van der Waals surface area contributed by atoms with Crippen LogP contribution in [-0.2, 0) is 9.47 Å². The number of unbranched alkanes of at least 4 members (excludes halogenated alkanes) is 3. The highest BCUT2D eigenvalue weighted by molar-refractivity contribution is 5.67. The van der Waals surface area contributed by atoms with E-state index in [9.17, 15) is 9.59 Å². The SMILES string of the molecule is CCOC(=O)NCCCCCCN(CC(C)C)C(=O)OCC. The minimum Gasteiger partial charge on any atom is -0.450 e. The van der Waals surface area contributed by atoms with Crippen LogP contribution in [0.15, 0.2) is 0 Å². The van der Waals surface area contributed by atoms with Crippen LogP contribution in [0.3, 0.4) is 0 Å². The van der Waals surface area contributed by atoms with Crippen LogP contribution in [0.5, 0.6) is 0 Å². The van der Waals surface area contributed by atoms with Gasteiger partial charge < -0.3 is 19.7 Å². The van der Waals surface area contributed by atoms with Crippen LogP contribution in [0.4, 0.5) is 9.59 Å². The molecule has 6 heteroatoms. The summed E-state index contributed by atoms with van der Waals surface area (Å²) in [5.74, 6) is 0.429. The second-order valence-electron chi connectivity index (χ2n) is 5.60. The Morgan fingerprint density at radius 2 is 1.64 bits per heavy atom. The summed E-state index contributed by atoms with van der Waals surface area (Å²) in [6, 6.07) is 0. The molecule has 0 heterocycles. The Morgan fingerprint density at radius 1 is 1.00 bits per heavy atom. The maximum Gasteiger partial charge on any atom is 0.409 e. The molecule has 0 fully saturated rings. The van der Waals surface area contributed by atoms with E-state index in [1.807, 2.05) is 6.92 Å². The molecule has 0 saturated carbocycles. The topological polar surface area (TPSA) is 67.9 Å². The Balaban J connectivity index is 3.75. The van der Waals surface area contributed by atoms with Gasteiger partial charge in [0.15, 0.2) is 0 Å². The number of ether oxygens (including phenoxy) is 2. The van der Waals surface area contributed by atoms with Gasteiger partial charge in [0.2, 0.25) is 0 Å². The average molecular weight is 316 g/mol. The number of hydrogen-bond donors (Lipinski definition) is 1. The third kappa shape index (κ3) is 11.2. The van der Waals surface area contributed by atoms with Crippen molar-refractivity contribution in [2.24, 2.45) is 5.92 Å². The van der Waals surface area contributed by atoms with Gasteiger partial charge in [-0.2, -0.15) is 0 Å². The maximum atomic E-state index is 11.8. The molecule has 0 aromatic carbocycles. The summed E-state index contributed by atoms with van der Waals surface area (Å²) in [4.78, 5) is 24.7. The Labute approximate surface area is 134 Å². The van der Waals surface area contributed by atoms with E-state index in [2.05, 4.69) is 19.2 Å². The van der Waals surface area contributed by atoms with Crippen molar-refractivity contribution in [2.75, 3.05) is 32.8 Å². The molecular formula is C16H32N2O4. The summed E-state index contributed by atoms with van der Waals surface area (Å²) in [6.07, 6.45) is 3.34. The molecule has 0 saturated heterocycles. The summed E-state index contributed by atoms with van der Waals surface area (Å²) in [5, 5.41) is 2.70. The zero-order valence-corrected chi connectivity index (χ0v) is 14.5. The Kier molecular flexibility index (Phi) is 12.3. The molecule has 0 aliphatic rings. The smallest absolute Gasteiger partial charge is 0.409 e. The van der Waals surface area contributed by atoms with Gasteiger partial charge in [-0.25, -0.2) is 9.59 Å². The average Bonchev–Trinajstić information content (AvgIpc) is 2.45. The molecule has 0 unspecified atom stereocenters. The van der Waals surface area contributed by atoms with E-state index in [0.717, 1.165) is 38.8 Å². The van der Waals surface area contributed by atoms with E-state index in [1.54, 1.807) is 11.8 Å². The van der Waals surface area contributed by atoms with Crippen molar-refractivity contribution in [2.45, 2.75) is 53.4 Å². The quantitative estimate of drug-likeness (QED) is 0.593. The lowest BCUT2D eigenvalue weighted by Gasteiger charge is -2.23. The molecule has 0 spiro atoms. The van der Waals surface area contributed by atoms with Crippen LogP contribution in [0.1, 0.15) is 53.4 Å². The summed E-state index contributed by atoms with van der Waals surface area (Å²) in [6.45, 7) is 10.7. The summed E-state index contributed by atoms with van der Waals surface area (Å²) >= 11 is 0. The molecule has 0 radical (unpaired) electrons. The fourth-order valence-electron chi connectivity index (χ4n) is 2.07. The number of amides is 2. The normalized spacial score (nSPS) is 10.4. The minimum atomic E-state index is -0.354. The van der Waals surface area contributed by atoms with Crippen molar-refractivity contribution in [3.05, 3.63) is 0 Å². The molecule has 0 aliphatic heterocycles. The second-order valence-corrected chi connectivity index (χ2v) is 5.60. The predicted octanol–water partition coefficient (Wildman–Crippen LogP) is 3.41. The molecule has 130 valence electrons. The molecule has 0 aromatic rings. The standard InChI is InChI=1S/C16H32N2O4/c1-5-21-15(19)17-11-9-7-8-10-12-18(13-14(3)4)16(20)22-6-2/h14H,5-13H2,1-4H3,(H,17,19). The second kappa shape index (κ2) is 13.2. The van der Waals surface area contributed by atoms with Gasteiger partial charge in [0.25, 0.3) is 0 Å².